The normalized spacial score (nSPS) is 10.7. The zero-order valence-electron chi connectivity index (χ0n) is 11.3. The number of aromatic nitrogens is 1. The summed E-state index contributed by atoms with van der Waals surface area (Å²) in [6.07, 6.45) is 1.93. The van der Waals surface area contributed by atoms with Gasteiger partial charge in [0.25, 0.3) is 0 Å². The molecule has 1 heterocycles. The minimum absolute atomic E-state index is 0.496. The first-order valence-corrected chi connectivity index (χ1v) is 7.79. The van der Waals surface area contributed by atoms with Gasteiger partial charge >= 0.3 is 0 Å². The standard InChI is InChI=1S/C15H18ClNOS/c1-11-6-12(2)8-14(7-11)18-5-3-4-15-17-13(9-16)10-19-15/h6-8,10H,3-5,9H2,1-2H3. The molecule has 2 aromatic rings. The number of hydrogen-bond donors (Lipinski definition) is 0. The average Bonchev–Trinajstić information content (AvgIpc) is 2.81. The van der Waals surface area contributed by atoms with E-state index in [9.17, 15) is 0 Å². The van der Waals surface area contributed by atoms with E-state index < -0.39 is 0 Å². The maximum Gasteiger partial charge on any atom is 0.119 e. The highest BCUT2D eigenvalue weighted by atomic mass is 35.5. The van der Waals surface area contributed by atoms with E-state index in [0.717, 1.165) is 35.9 Å². The lowest BCUT2D eigenvalue weighted by atomic mass is 10.1. The van der Waals surface area contributed by atoms with Crippen LogP contribution in [0.15, 0.2) is 23.6 Å². The molecule has 1 aromatic heterocycles. The van der Waals surface area contributed by atoms with E-state index in [1.54, 1.807) is 11.3 Å². The van der Waals surface area contributed by atoms with Crippen molar-refractivity contribution in [3.8, 4) is 5.75 Å². The fourth-order valence-electron chi connectivity index (χ4n) is 1.95. The second kappa shape index (κ2) is 6.92. The minimum atomic E-state index is 0.496. The topological polar surface area (TPSA) is 22.1 Å². The summed E-state index contributed by atoms with van der Waals surface area (Å²) in [5.41, 5.74) is 3.44. The predicted octanol–water partition coefficient (Wildman–Crippen LogP) is 4.51. The Kier molecular flexibility index (Phi) is 5.23. The third-order valence-electron chi connectivity index (χ3n) is 2.74. The first-order chi connectivity index (χ1) is 9.17. The molecule has 102 valence electrons. The molecule has 0 aliphatic heterocycles. The van der Waals surface area contributed by atoms with Crippen LogP contribution in [-0.2, 0) is 12.3 Å². The van der Waals surface area contributed by atoms with Crippen LogP contribution in [-0.4, -0.2) is 11.6 Å². The first-order valence-electron chi connectivity index (χ1n) is 6.37. The Bertz CT molecular complexity index is 518. The molecule has 0 saturated carbocycles. The van der Waals surface area contributed by atoms with Crippen LogP contribution in [0.5, 0.6) is 5.75 Å². The van der Waals surface area contributed by atoms with Crippen LogP contribution in [0, 0.1) is 13.8 Å². The Balaban J connectivity index is 1.77. The van der Waals surface area contributed by atoms with E-state index in [2.05, 4.69) is 37.0 Å². The zero-order valence-corrected chi connectivity index (χ0v) is 12.9. The molecule has 0 radical (unpaired) electrons. The molecule has 4 heteroatoms. The molecule has 0 saturated heterocycles. The van der Waals surface area contributed by atoms with Crippen LogP contribution in [0.1, 0.15) is 28.2 Å². The molecular weight excluding hydrogens is 278 g/mol. The highest BCUT2D eigenvalue weighted by molar-refractivity contribution is 7.09. The number of alkyl halides is 1. The number of ether oxygens (including phenoxy) is 1. The maximum atomic E-state index is 5.77. The van der Waals surface area contributed by atoms with Gasteiger partial charge in [0, 0.05) is 11.8 Å². The summed E-state index contributed by atoms with van der Waals surface area (Å²) >= 11 is 7.40. The van der Waals surface area contributed by atoms with Gasteiger partial charge in [0.1, 0.15) is 5.75 Å². The molecule has 2 nitrogen and oxygen atoms in total. The second-order valence-electron chi connectivity index (χ2n) is 4.64. The van der Waals surface area contributed by atoms with Gasteiger partial charge < -0.3 is 4.74 Å². The lowest BCUT2D eigenvalue weighted by Gasteiger charge is -2.07. The summed E-state index contributed by atoms with van der Waals surface area (Å²) < 4.78 is 5.77. The minimum Gasteiger partial charge on any atom is -0.494 e. The summed E-state index contributed by atoms with van der Waals surface area (Å²) in [6.45, 7) is 4.89. The van der Waals surface area contributed by atoms with Crippen molar-refractivity contribution >= 4 is 22.9 Å². The molecule has 0 bridgehead atoms. The van der Waals surface area contributed by atoms with E-state index in [1.807, 2.05) is 5.38 Å². The smallest absolute Gasteiger partial charge is 0.119 e. The second-order valence-corrected chi connectivity index (χ2v) is 5.85. The molecule has 0 spiro atoms. The third-order valence-corrected chi connectivity index (χ3v) is 3.97. The van der Waals surface area contributed by atoms with Crippen LogP contribution in [0.25, 0.3) is 0 Å². The molecule has 0 amide bonds. The molecule has 0 fully saturated rings. The van der Waals surface area contributed by atoms with E-state index in [0.29, 0.717) is 5.88 Å². The fraction of sp³-hybridized carbons (Fsp3) is 0.400. The average molecular weight is 296 g/mol. The summed E-state index contributed by atoms with van der Waals surface area (Å²) in [6, 6.07) is 6.29. The summed E-state index contributed by atoms with van der Waals surface area (Å²) in [4.78, 5) is 4.43. The van der Waals surface area contributed by atoms with E-state index in [-0.39, 0.29) is 0 Å². The molecule has 1 aromatic carbocycles. The van der Waals surface area contributed by atoms with Crippen molar-refractivity contribution in [3.05, 3.63) is 45.4 Å². The number of benzene rings is 1. The Labute approximate surface area is 123 Å². The number of thiazole rings is 1. The van der Waals surface area contributed by atoms with Crippen LogP contribution in [0.2, 0.25) is 0 Å². The van der Waals surface area contributed by atoms with E-state index in [1.165, 1.54) is 11.1 Å². The Morgan fingerprint density at radius 2 is 1.95 bits per heavy atom. The molecular formula is C15H18ClNOS. The van der Waals surface area contributed by atoms with Crippen molar-refractivity contribution in [2.45, 2.75) is 32.6 Å². The summed E-state index contributed by atoms with van der Waals surface area (Å²) in [5, 5.41) is 3.16. The molecule has 0 atom stereocenters. The van der Waals surface area contributed by atoms with Crippen LogP contribution in [0.4, 0.5) is 0 Å². The number of rotatable bonds is 6. The van der Waals surface area contributed by atoms with Crippen molar-refractivity contribution in [2.75, 3.05) is 6.61 Å². The van der Waals surface area contributed by atoms with Crippen molar-refractivity contribution in [1.29, 1.82) is 0 Å². The Morgan fingerprint density at radius 1 is 1.21 bits per heavy atom. The number of aryl methyl sites for hydroxylation is 3. The lowest BCUT2D eigenvalue weighted by molar-refractivity contribution is 0.310. The van der Waals surface area contributed by atoms with Gasteiger partial charge in [0.05, 0.1) is 23.2 Å². The molecule has 0 N–H and O–H groups in total. The monoisotopic (exact) mass is 295 g/mol. The Hall–Kier alpha value is -1.06. The van der Waals surface area contributed by atoms with Gasteiger partial charge in [-0.2, -0.15) is 0 Å². The summed E-state index contributed by atoms with van der Waals surface area (Å²) in [5.74, 6) is 1.45. The molecule has 0 aliphatic carbocycles. The van der Waals surface area contributed by atoms with Gasteiger partial charge in [-0.15, -0.1) is 22.9 Å². The molecule has 0 unspecified atom stereocenters. The maximum absolute atomic E-state index is 5.77. The summed E-state index contributed by atoms with van der Waals surface area (Å²) in [7, 11) is 0. The Morgan fingerprint density at radius 3 is 2.58 bits per heavy atom. The SMILES string of the molecule is Cc1cc(C)cc(OCCCc2nc(CCl)cs2)c1. The quantitative estimate of drug-likeness (QED) is 0.578. The van der Waals surface area contributed by atoms with Crippen LogP contribution < -0.4 is 4.74 Å². The van der Waals surface area contributed by atoms with Crippen LogP contribution in [0.3, 0.4) is 0 Å². The molecule has 0 aliphatic rings. The van der Waals surface area contributed by atoms with Crippen LogP contribution >= 0.6 is 22.9 Å². The number of nitrogens with zero attached hydrogens (tertiary/aromatic N) is 1. The predicted molar refractivity (Wildman–Crippen MR) is 81.4 cm³/mol. The van der Waals surface area contributed by atoms with Crippen molar-refractivity contribution in [2.24, 2.45) is 0 Å². The van der Waals surface area contributed by atoms with Crippen molar-refractivity contribution in [1.82, 2.24) is 4.98 Å². The van der Waals surface area contributed by atoms with E-state index in [4.69, 9.17) is 16.3 Å². The fourth-order valence-corrected chi connectivity index (χ4v) is 3.02. The van der Waals surface area contributed by atoms with Gasteiger partial charge in [0.15, 0.2) is 0 Å². The van der Waals surface area contributed by atoms with Gasteiger partial charge in [-0.25, -0.2) is 4.98 Å². The number of hydrogen-bond acceptors (Lipinski definition) is 3. The third kappa shape index (κ3) is 4.51. The first kappa shape index (κ1) is 14.4. The largest absolute Gasteiger partial charge is 0.494 e. The van der Waals surface area contributed by atoms with Crippen molar-refractivity contribution < 1.29 is 4.74 Å². The highest BCUT2D eigenvalue weighted by Crippen LogP contribution is 2.17. The van der Waals surface area contributed by atoms with Gasteiger partial charge in [-0.05, 0) is 43.5 Å². The number of halogens is 1. The van der Waals surface area contributed by atoms with E-state index >= 15 is 0 Å². The molecule has 19 heavy (non-hydrogen) atoms. The van der Waals surface area contributed by atoms with Crippen molar-refractivity contribution in [3.63, 3.8) is 0 Å². The highest BCUT2D eigenvalue weighted by Gasteiger charge is 2.02. The van der Waals surface area contributed by atoms with Gasteiger partial charge in [-0.1, -0.05) is 6.07 Å². The zero-order chi connectivity index (χ0) is 13.7. The van der Waals surface area contributed by atoms with Gasteiger partial charge in [0.2, 0.25) is 0 Å². The lowest BCUT2D eigenvalue weighted by Crippen LogP contribution is -2.00. The van der Waals surface area contributed by atoms with Gasteiger partial charge in [-0.3, -0.25) is 0 Å². The molecule has 2 rings (SSSR count).